The lowest BCUT2D eigenvalue weighted by Crippen LogP contribution is -2.16. The van der Waals surface area contributed by atoms with Gasteiger partial charge < -0.3 is 25.7 Å². The zero-order chi connectivity index (χ0) is 22.0. The largest absolute Gasteiger partial charge is 0.507 e. The first kappa shape index (κ1) is 20.0. The van der Waals surface area contributed by atoms with Crippen molar-refractivity contribution in [1.29, 1.82) is 0 Å². The molecule has 0 aliphatic carbocycles. The number of fused-ring (bicyclic) bond motifs is 1. The maximum Gasteiger partial charge on any atom is 0.435 e. The standard InChI is InChI=1S/C24H21N3O4/c1-2-31-24(30)27-23(25)14-10-11-19-15(12-14)13-20(26-19)18-8-5-7-17(22(18)29)16-6-3-4-9-21(16)28/h3-13,26,28-29H,2H2,1H3,(H2,25,27,30). The van der Waals surface area contributed by atoms with Crippen molar-refractivity contribution in [3.05, 3.63) is 72.3 Å². The molecule has 7 heteroatoms. The monoisotopic (exact) mass is 415 g/mol. The zero-order valence-corrected chi connectivity index (χ0v) is 16.8. The molecule has 1 aromatic heterocycles. The van der Waals surface area contributed by atoms with Gasteiger partial charge in [-0.05, 0) is 43.3 Å². The highest BCUT2D eigenvalue weighted by atomic mass is 16.5. The number of nitrogens with two attached hydrogens (primary N) is 1. The molecule has 31 heavy (non-hydrogen) atoms. The molecule has 0 aliphatic heterocycles. The summed E-state index contributed by atoms with van der Waals surface area (Å²) in [6, 6.07) is 19.5. The van der Waals surface area contributed by atoms with Crippen LogP contribution in [-0.2, 0) is 4.74 Å². The molecule has 0 atom stereocenters. The number of H-pyrrole nitrogens is 1. The molecule has 0 spiro atoms. The fourth-order valence-corrected chi connectivity index (χ4v) is 3.44. The number of phenols is 2. The van der Waals surface area contributed by atoms with Gasteiger partial charge in [0.2, 0.25) is 0 Å². The van der Waals surface area contributed by atoms with Crippen LogP contribution in [0.2, 0.25) is 0 Å². The number of amides is 1. The molecule has 0 fully saturated rings. The van der Waals surface area contributed by atoms with Gasteiger partial charge in [0.05, 0.1) is 12.3 Å². The number of amidine groups is 1. The number of hydrogen-bond donors (Lipinski definition) is 4. The molecule has 3 aromatic carbocycles. The van der Waals surface area contributed by atoms with Gasteiger partial charge in [-0.15, -0.1) is 0 Å². The second-order valence-corrected chi connectivity index (χ2v) is 6.90. The Hall–Kier alpha value is -4.26. The van der Waals surface area contributed by atoms with Crippen LogP contribution in [0.3, 0.4) is 0 Å². The van der Waals surface area contributed by atoms with Crippen LogP contribution in [0.1, 0.15) is 12.5 Å². The lowest BCUT2D eigenvalue weighted by molar-refractivity contribution is 0.163. The lowest BCUT2D eigenvalue weighted by atomic mass is 9.99. The normalized spacial score (nSPS) is 11.6. The van der Waals surface area contributed by atoms with Crippen LogP contribution in [0.15, 0.2) is 71.7 Å². The van der Waals surface area contributed by atoms with Gasteiger partial charge in [-0.2, -0.15) is 4.99 Å². The number of aromatic nitrogens is 1. The summed E-state index contributed by atoms with van der Waals surface area (Å²) >= 11 is 0. The number of rotatable bonds is 4. The molecule has 1 heterocycles. The second-order valence-electron chi connectivity index (χ2n) is 6.90. The number of carbonyl (C=O) groups excluding carboxylic acids is 1. The average molecular weight is 415 g/mol. The second kappa shape index (κ2) is 8.23. The van der Waals surface area contributed by atoms with E-state index in [2.05, 4.69) is 9.98 Å². The molecule has 4 aromatic rings. The van der Waals surface area contributed by atoms with E-state index in [1.807, 2.05) is 18.2 Å². The first-order chi connectivity index (χ1) is 15.0. The van der Waals surface area contributed by atoms with Crippen molar-refractivity contribution >= 4 is 22.8 Å². The van der Waals surface area contributed by atoms with Gasteiger partial charge in [-0.25, -0.2) is 4.79 Å². The Balaban J connectivity index is 1.74. The minimum Gasteiger partial charge on any atom is -0.507 e. The number of benzene rings is 3. The zero-order valence-electron chi connectivity index (χ0n) is 16.8. The number of para-hydroxylation sites is 2. The van der Waals surface area contributed by atoms with Crippen LogP contribution < -0.4 is 5.73 Å². The molecular formula is C24H21N3O4. The quantitative estimate of drug-likeness (QED) is 0.282. The highest BCUT2D eigenvalue weighted by Gasteiger charge is 2.15. The molecule has 4 rings (SSSR count). The van der Waals surface area contributed by atoms with Crippen LogP contribution in [-0.4, -0.2) is 33.7 Å². The number of nitrogens with zero attached hydrogens (tertiary/aromatic N) is 1. The first-order valence-corrected chi connectivity index (χ1v) is 9.72. The number of aromatic amines is 1. The molecule has 0 aliphatic rings. The number of aliphatic imine (C=N–C) groups is 1. The van der Waals surface area contributed by atoms with Crippen molar-refractivity contribution in [2.24, 2.45) is 10.7 Å². The van der Waals surface area contributed by atoms with Gasteiger partial charge in [-0.3, -0.25) is 0 Å². The number of carbonyl (C=O) groups is 1. The van der Waals surface area contributed by atoms with Gasteiger partial charge in [0.25, 0.3) is 0 Å². The Kier molecular flexibility index (Phi) is 5.32. The Morgan fingerprint density at radius 3 is 2.52 bits per heavy atom. The summed E-state index contributed by atoms with van der Waals surface area (Å²) in [5.41, 5.74) is 9.70. The minimum atomic E-state index is -0.735. The van der Waals surface area contributed by atoms with E-state index in [0.29, 0.717) is 27.9 Å². The van der Waals surface area contributed by atoms with E-state index < -0.39 is 6.09 Å². The lowest BCUT2D eigenvalue weighted by Gasteiger charge is -2.10. The Bertz CT molecular complexity index is 1310. The third-order valence-corrected chi connectivity index (χ3v) is 4.92. The van der Waals surface area contributed by atoms with E-state index in [0.717, 1.165) is 10.9 Å². The summed E-state index contributed by atoms with van der Waals surface area (Å²) in [7, 11) is 0. The van der Waals surface area contributed by atoms with Crippen molar-refractivity contribution in [2.45, 2.75) is 6.92 Å². The van der Waals surface area contributed by atoms with Gasteiger partial charge in [0, 0.05) is 33.2 Å². The number of hydrogen-bond acceptors (Lipinski definition) is 4. The summed E-state index contributed by atoms with van der Waals surface area (Å²) in [6.07, 6.45) is -0.735. The number of ether oxygens (including phenoxy) is 1. The molecule has 5 N–H and O–H groups in total. The molecule has 156 valence electrons. The average Bonchev–Trinajstić information content (AvgIpc) is 3.17. The molecule has 0 saturated heterocycles. The van der Waals surface area contributed by atoms with Crippen molar-refractivity contribution in [3.8, 4) is 33.9 Å². The van der Waals surface area contributed by atoms with Crippen molar-refractivity contribution in [3.63, 3.8) is 0 Å². The van der Waals surface area contributed by atoms with Gasteiger partial charge >= 0.3 is 6.09 Å². The van der Waals surface area contributed by atoms with E-state index in [1.165, 1.54) is 0 Å². The molecule has 0 saturated carbocycles. The van der Waals surface area contributed by atoms with E-state index in [9.17, 15) is 15.0 Å². The number of nitrogens with one attached hydrogen (secondary N) is 1. The Labute approximate surface area is 178 Å². The molecule has 0 bridgehead atoms. The minimum absolute atomic E-state index is 0.0548. The third-order valence-electron chi connectivity index (χ3n) is 4.92. The Morgan fingerprint density at radius 1 is 1.00 bits per heavy atom. The molecular weight excluding hydrogens is 394 g/mol. The van der Waals surface area contributed by atoms with Crippen LogP contribution in [0.5, 0.6) is 11.5 Å². The van der Waals surface area contributed by atoms with Crippen LogP contribution in [0.25, 0.3) is 33.3 Å². The van der Waals surface area contributed by atoms with Gasteiger partial charge in [-0.1, -0.05) is 30.3 Å². The predicted molar refractivity (Wildman–Crippen MR) is 120 cm³/mol. The summed E-state index contributed by atoms with van der Waals surface area (Å²) < 4.78 is 4.79. The third kappa shape index (κ3) is 3.93. The Morgan fingerprint density at radius 2 is 1.74 bits per heavy atom. The number of aromatic hydroxyl groups is 2. The maximum absolute atomic E-state index is 11.5. The maximum atomic E-state index is 11.5. The smallest absolute Gasteiger partial charge is 0.435 e. The molecule has 0 unspecified atom stereocenters. The fraction of sp³-hybridized carbons (Fsp3) is 0.0833. The summed E-state index contributed by atoms with van der Waals surface area (Å²) in [6.45, 7) is 1.92. The summed E-state index contributed by atoms with van der Waals surface area (Å²) in [5, 5.41) is 21.9. The molecule has 0 radical (unpaired) electrons. The van der Waals surface area contributed by atoms with Crippen LogP contribution in [0, 0.1) is 0 Å². The summed E-state index contributed by atoms with van der Waals surface area (Å²) in [4.78, 5) is 18.6. The predicted octanol–water partition coefficient (Wildman–Crippen LogP) is 4.77. The van der Waals surface area contributed by atoms with Crippen LogP contribution >= 0.6 is 0 Å². The highest BCUT2D eigenvalue weighted by molar-refractivity contribution is 6.05. The van der Waals surface area contributed by atoms with Crippen LogP contribution in [0.4, 0.5) is 4.79 Å². The SMILES string of the molecule is CCOC(=O)/N=C(/N)c1ccc2[nH]c(-c3cccc(-c4ccccc4O)c3O)cc2c1. The van der Waals surface area contributed by atoms with Crippen molar-refractivity contribution in [1.82, 2.24) is 4.98 Å². The van der Waals surface area contributed by atoms with Crippen molar-refractivity contribution in [2.75, 3.05) is 6.61 Å². The van der Waals surface area contributed by atoms with Gasteiger partial charge in [0.1, 0.15) is 17.3 Å². The topological polar surface area (TPSA) is 121 Å². The molecule has 1 amide bonds. The van der Waals surface area contributed by atoms with E-state index in [-0.39, 0.29) is 23.9 Å². The number of phenolic OH excluding ortho intramolecular Hbond substituents is 2. The van der Waals surface area contributed by atoms with Gasteiger partial charge in [0.15, 0.2) is 0 Å². The van der Waals surface area contributed by atoms with E-state index in [1.54, 1.807) is 55.5 Å². The highest BCUT2D eigenvalue weighted by Crippen LogP contribution is 2.41. The fourth-order valence-electron chi connectivity index (χ4n) is 3.44. The van der Waals surface area contributed by atoms with Crippen molar-refractivity contribution < 1.29 is 19.7 Å². The van der Waals surface area contributed by atoms with E-state index in [4.69, 9.17) is 10.5 Å². The molecule has 7 nitrogen and oxygen atoms in total. The van der Waals surface area contributed by atoms with E-state index >= 15 is 0 Å². The summed E-state index contributed by atoms with van der Waals surface area (Å²) in [5.74, 6) is 0.208. The first-order valence-electron chi connectivity index (χ1n) is 9.72.